The van der Waals surface area contributed by atoms with Gasteiger partial charge < -0.3 is 19.3 Å². The number of carbonyl (C=O) groups excluding carboxylic acids is 1. The monoisotopic (exact) mass is 428 g/mol. The van der Waals surface area contributed by atoms with Crippen molar-refractivity contribution in [3.63, 3.8) is 0 Å². The van der Waals surface area contributed by atoms with Crippen LogP contribution in [0.15, 0.2) is 42.5 Å². The van der Waals surface area contributed by atoms with Crippen LogP contribution in [0.3, 0.4) is 0 Å². The zero-order valence-electron chi connectivity index (χ0n) is 18.3. The third kappa shape index (κ3) is 5.95. The van der Waals surface area contributed by atoms with E-state index in [-0.39, 0.29) is 24.0 Å². The van der Waals surface area contributed by atoms with E-state index < -0.39 is 4.92 Å². The summed E-state index contributed by atoms with van der Waals surface area (Å²) in [6.07, 6.45) is 0. The molecule has 3 rings (SSSR count). The van der Waals surface area contributed by atoms with E-state index in [1.54, 1.807) is 11.0 Å². The summed E-state index contributed by atoms with van der Waals surface area (Å²) in [5.41, 5.74) is 2.42. The van der Waals surface area contributed by atoms with Crippen molar-refractivity contribution in [3.8, 4) is 11.5 Å². The van der Waals surface area contributed by atoms with Crippen LogP contribution in [0.25, 0.3) is 0 Å². The van der Waals surface area contributed by atoms with E-state index in [1.165, 1.54) is 35.3 Å². The van der Waals surface area contributed by atoms with Crippen LogP contribution < -0.4 is 14.4 Å². The Morgan fingerprint density at radius 2 is 1.84 bits per heavy atom. The third-order valence-electron chi connectivity index (χ3n) is 5.64. The highest BCUT2D eigenvalue weighted by Crippen LogP contribution is 2.31. The number of carbonyl (C=O) groups is 1. The number of amides is 1. The molecule has 0 aliphatic carbocycles. The molecule has 1 saturated heterocycles. The molecule has 0 unspecified atom stereocenters. The SMILES string of the molecule is COc1ccc(OCC(=O)N2CC[NH+](Cc3ccc(C(C)C)cc3)CC2)c([N+](=O)[O-])c1. The fourth-order valence-corrected chi connectivity index (χ4v) is 3.68. The number of hydrogen-bond donors (Lipinski definition) is 1. The van der Waals surface area contributed by atoms with Gasteiger partial charge in [0.1, 0.15) is 12.3 Å². The van der Waals surface area contributed by atoms with Crippen LogP contribution in [0, 0.1) is 10.1 Å². The Morgan fingerprint density at radius 3 is 2.42 bits per heavy atom. The van der Waals surface area contributed by atoms with Gasteiger partial charge in [-0.15, -0.1) is 0 Å². The average Bonchev–Trinajstić information content (AvgIpc) is 2.78. The lowest BCUT2D eigenvalue weighted by Gasteiger charge is -2.32. The molecule has 1 N–H and O–H groups in total. The number of rotatable bonds is 8. The number of nitro groups is 1. The Hall–Kier alpha value is -3.13. The first-order chi connectivity index (χ1) is 14.9. The first-order valence-corrected chi connectivity index (χ1v) is 10.5. The Labute approximate surface area is 182 Å². The molecule has 0 radical (unpaired) electrons. The van der Waals surface area contributed by atoms with Crippen molar-refractivity contribution in [2.24, 2.45) is 0 Å². The van der Waals surface area contributed by atoms with Crippen LogP contribution in [0.5, 0.6) is 11.5 Å². The topological polar surface area (TPSA) is 86.3 Å². The molecule has 8 nitrogen and oxygen atoms in total. The molecule has 1 fully saturated rings. The molecule has 0 atom stereocenters. The van der Waals surface area contributed by atoms with Gasteiger partial charge in [0, 0.05) is 5.56 Å². The van der Waals surface area contributed by atoms with Gasteiger partial charge in [-0.25, -0.2) is 0 Å². The lowest BCUT2D eigenvalue weighted by atomic mass is 10.0. The van der Waals surface area contributed by atoms with Crippen LogP contribution in [-0.4, -0.2) is 55.6 Å². The van der Waals surface area contributed by atoms with Crippen molar-refractivity contribution < 1.29 is 24.1 Å². The molecule has 0 saturated carbocycles. The molecule has 1 heterocycles. The van der Waals surface area contributed by atoms with Gasteiger partial charge in [0.15, 0.2) is 12.4 Å². The fraction of sp³-hybridized carbons (Fsp3) is 0.435. The van der Waals surface area contributed by atoms with Gasteiger partial charge in [-0.3, -0.25) is 14.9 Å². The minimum absolute atomic E-state index is 0.0632. The highest BCUT2D eigenvalue weighted by Gasteiger charge is 2.25. The number of nitrogens with zero attached hydrogens (tertiary/aromatic N) is 2. The van der Waals surface area contributed by atoms with Crippen molar-refractivity contribution in [1.82, 2.24) is 4.90 Å². The summed E-state index contributed by atoms with van der Waals surface area (Å²) in [6.45, 7) is 8.10. The largest absolute Gasteiger partial charge is 0.496 e. The van der Waals surface area contributed by atoms with Gasteiger partial charge >= 0.3 is 5.69 Å². The molecular formula is C23H30N3O5+. The summed E-state index contributed by atoms with van der Waals surface area (Å²) in [6, 6.07) is 13.1. The van der Waals surface area contributed by atoms with Crippen LogP contribution in [-0.2, 0) is 11.3 Å². The maximum atomic E-state index is 12.5. The summed E-state index contributed by atoms with van der Waals surface area (Å²) in [4.78, 5) is 26.4. The van der Waals surface area contributed by atoms with E-state index in [1.807, 2.05) is 0 Å². The molecule has 1 aliphatic heterocycles. The molecule has 0 aromatic heterocycles. The maximum absolute atomic E-state index is 12.5. The van der Waals surface area contributed by atoms with Gasteiger partial charge in [-0.1, -0.05) is 38.1 Å². The number of ether oxygens (including phenoxy) is 2. The smallest absolute Gasteiger partial charge is 0.314 e. The predicted molar refractivity (Wildman–Crippen MR) is 117 cm³/mol. The lowest BCUT2D eigenvalue weighted by molar-refractivity contribution is -0.917. The second-order valence-electron chi connectivity index (χ2n) is 8.08. The fourth-order valence-electron chi connectivity index (χ4n) is 3.68. The Kier molecular flexibility index (Phi) is 7.46. The third-order valence-corrected chi connectivity index (χ3v) is 5.64. The minimum Gasteiger partial charge on any atom is -0.496 e. The maximum Gasteiger partial charge on any atom is 0.314 e. The number of benzene rings is 2. The molecular weight excluding hydrogens is 398 g/mol. The highest BCUT2D eigenvalue weighted by molar-refractivity contribution is 5.78. The number of hydrogen-bond acceptors (Lipinski definition) is 5. The van der Waals surface area contributed by atoms with Gasteiger partial charge in [-0.2, -0.15) is 0 Å². The number of methoxy groups -OCH3 is 1. The van der Waals surface area contributed by atoms with E-state index >= 15 is 0 Å². The summed E-state index contributed by atoms with van der Waals surface area (Å²) in [7, 11) is 1.44. The molecule has 2 aromatic carbocycles. The van der Waals surface area contributed by atoms with Gasteiger partial charge in [0.05, 0.1) is 44.3 Å². The van der Waals surface area contributed by atoms with Crippen LogP contribution >= 0.6 is 0 Å². The summed E-state index contributed by atoms with van der Waals surface area (Å²) < 4.78 is 10.5. The first kappa shape index (κ1) is 22.6. The van der Waals surface area contributed by atoms with Crippen LogP contribution in [0.4, 0.5) is 5.69 Å². The van der Waals surface area contributed by atoms with E-state index in [9.17, 15) is 14.9 Å². The zero-order chi connectivity index (χ0) is 22.4. The minimum atomic E-state index is -0.543. The molecule has 8 heteroatoms. The lowest BCUT2D eigenvalue weighted by Crippen LogP contribution is -3.13. The molecule has 166 valence electrons. The van der Waals surface area contributed by atoms with Crippen molar-refractivity contribution >= 4 is 11.6 Å². The van der Waals surface area contributed by atoms with Crippen molar-refractivity contribution in [1.29, 1.82) is 0 Å². The second kappa shape index (κ2) is 10.3. The molecule has 0 spiro atoms. The summed E-state index contributed by atoms with van der Waals surface area (Å²) in [5, 5.41) is 11.2. The van der Waals surface area contributed by atoms with E-state index in [4.69, 9.17) is 9.47 Å². The average molecular weight is 429 g/mol. The number of nitrogens with one attached hydrogen (secondary N) is 1. The van der Waals surface area contributed by atoms with Gasteiger partial charge in [0.25, 0.3) is 5.91 Å². The van der Waals surface area contributed by atoms with Crippen molar-refractivity contribution in [3.05, 3.63) is 63.7 Å². The molecule has 2 aromatic rings. The van der Waals surface area contributed by atoms with E-state index in [2.05, 4.69) is 38.1 Å². The first-order valence-electron chi connectivity index (χ1n) is 10.5. The quantitative estimate of drug-likeness (QED) is 0.514. The molecule has 31 heavy (non-hydrogen) atoms. The summed E-state index contributed by atoms with van der Waals surface area (Å²) >= 11 is 0. The van der Waals surface area contributed by atoms with Gasteiger partial charge in [0.2, 0.25) is 0 Å². The van der Waals surface area contributed by atoms with Crippen molar-refractivity contribution in [2.45, 2.75) is 26.3 Å². The normalized spacial score (nSPS) is 14.5. The second-order valence-corrected chi connectivity index (χ2v) is 8.08. The number of nitro benzene ring substituents is 1. The molecule has 1 amide bonds. The van der Waals surface area contributed by atoms with Crippen molar-refractivity contribution in [2.75, 3.05) is 39.9 Å². The van der Waals surface area contributed by atoms with E-state index in [0.29, 0.717) is 24.8 Å². The van der Waals surface area contributed by atoms with Crippen LogP contribution in [0.2, 0.25) is 0 Å². The van der Waals surface area contributed by atoms with E-state index in [0.717, 1.165) is 19.6 Å². The molecule has 0 bridgehead atoms. The summed E-state index contributed by atoms with van der Waals surface area (Å²) in [5.74, 6) is 0.791. The zero-order valence-corrected chi connectivity index (χ0v) is 18.3. The standard InChI is InChI=1S/C23H29N3O5/c1-17(2)19-6-4-18(5-7-19)15-24-10-12-25(13-11-24)23(27)16-31-22-9-8-20(30-3)14-21(22)26(28)29/h4-9,14,17H,10-13,15-16H2,1-3H3/p+1. The van der Waals surface area contributed by atoms with Crippen LogP contribution in [0.1, 0.15) is 30.9 Å². The Balaban J connectivity index is 1.49. The predicted octanol–water partition coefficient (Wildman–Crippen LogP) is 2.03. The van der Waals surface area contributed by atoms with Gasteiger partial charge in [-0.05, 0) is 23.6 Å². The highest BCUT2D eigenvalue weighted by atomic mass is 16.6. The Morgan fingerprint density at radius 1 is 1.16 bits per heavy atom. The molecule has 1 aliphatic rings. The number of piperazine rings is 1. The number of quaternary nitrogens is 1. The Bertz CT molecular complexity index is 906.